The highest BCUT2D eigenvalue weighted by molar-refractivity contribution is 7.59. The van der Waals surface area contributed by atoms with E-state index in [0.29, 0.717) is 23.2 Å². The first kappa shape index (κ1) is 21.7. The molecule has 0 radical (unpaired) electrons. The molecule has 31 heavy (non-hydrogen) atoms. The summed E-state index contributed by atoms with van der Waals surface area (Å²) in [5.41, 5.74) is 5.20. The maximum Gasteiger partial charge on any atom is 0.312 e. The summed E-state index contributed by atoms with van der Waals surface area (Å²) in [5, 5.41) is 0. The molecule has 2 bridgehead atoms. The van der Waals surface area contributed by atoms with Crippen molar-refractivity contribution in [3.8, 4) is 0 Å². The summed E-state index contributed by atoms with van der Waals surface area (Å²) < 4.78 is 12.7. The van der Waals surface area contributed by atoms with Crippen molar-refractivity contribution in [3.63, 3.8) is 0 Å². The lowest BCUT2D eigenvalue weighted by atomic mass is 9.74. The molecule has 1 aromatic rings. The molecule has 5 rings (SSSR count). The van der Waals surface area contributed by atoms with Crippen molar-refractivity contribution in [1.82, 2.24) is 0 Å². The number of rotatable bonds is 5. The highest BCUT2D eigenvalue weighted by Gasteiger charge is 2.65. The SMILES string of the molecule is CC1=C(C)[C@H]2[C@H]3[C@H](OC4CC[C@H](C)C[C@H]4C(C)C)OC(=O)[C@H]3[C@@H]1P2Cc1ccccc1. The van der Waals surface area contributed by atoms with Crippen molar-refractivity contribution in [3.05, 3.63) is 47.0 Å². The van der Waals surface area contributed by atoms with E-state index in [1.165, 1.54) is 29.6 Å². The van der Waals surface area contributed by atoms with Crippen LogP contribution >= 0.6 is 7.92 Å². The highest BCUT2D eigenvalue weighted by Crippen LogP contribution is 2.73. The van der Waals surface area contributed by atoms with Crippen LogP contribution in [-0.2, 0) is 20.4 Å². The third-order valence-electron chi connectivity index (χ3n) is 8.63. The van der Waals surface area contributed by atoms with Crippen LogP contribution in [0, 0.1) is 29.6 Å². The standard InChI is InChI=1S/C27H37O3P/c1-15(2)20-13-16(3)11-12-21(20)29-27-23-22(26(28)30-27)24-17(4)18(5)25(23)31(24)14-19-9-7-6-8-10-19/h6-10,15-16,20-25,27H,11-14H2,1-5H3/t16-,20-,21?,22+,23-,24+,25-,27+,31?/m0/s1. The summed E-state index contributed by atoms with van der Waals surface area (Å²) in [6.07, 6.45) is 4.50. The Morgan fingerprint density at radius 2 is 1.81 bits per heavy atom. The molecule has 0 spiro atoms. The zero-order valence-electron chi connectivity index (χ0n) is 19.6. The molecule has 2 saturated heterocycles. The Hall–Kier alpha value is -1.18. The average Bonchev–Trinajstić information content (AvgIpc) is 3.31. The van der Waals surface area contributed by atoms with Crippen LogP contribution in [0.1, 0.15) is 59.4 Å². The summed E-state index contributed by atoms with van der Waals surface area (Å²) >= 11 is 0. The summed E-state index contributed by atoms with van der Waals surface area (Å²) in [5.74, 6) is 2.14. The van der Waals surface area contributed by atoms with E-state index in [2.05, 4.69) is 65.0 Å². The Bertz CT molecular complexity index is 862. The van der Waals surface area contributed by atoms with Gasteiger partial charge in [-0.1, -0.05) is 70.2 Å². The smallest absolute Gasteiger partial charge is 0.312 e. The van der Waals surface area contributed by atoms with Gasteiger partial charge in [-0.05, 0) is 62.6 Å². The molecule has 4 aliphatic rings. The first-order chi connectivity index (χ1) is 14.9. The Morgan fingerprint density at radius 1 is 1.10 bits per heavy atom. The van der Waals surface area contributed by atoms with Crippen molar-refractivity contribution < 1.29 is 14.3 Å². The van der Waals surface area contributed by atoms with Gasteiger partial charge in [0.25, 0.3) is 0 Å². The molecule has 9 atom stereocenters. The fraction of sp³-hybridized carbons (Fsp3) is 0.667. The van der Waals surface area contributed by atoms with Crippen molar-refractivity contribution in [2.45, 2.75) is 83.8 Å². The number of cyclic esters (lactones) is 1. The van der Waals surface area contributed by atoms with Crippen LogP contribution in [0.5, 0.6) is 0 Å². The van der Waals surface area contributed by atoms with E-state index in [4.69, 9.17) is 9.47 Å². The van der Waals surface area contributed by atoms with Crippen LogP contribution < -0.4 is 0 Å². The summed E-state index contributed by atoms with van der Waals surface area (Å²) in [4.78, 5) is 13.1. The van der Waals surface area contributed by atoms with Crippen molar-refractivity contribution in [1.29, 1.82) is 0 Å². The molecule has 4 heteroatoms. The van der Waals surface area contributed by atoms with E-state index < -0.39 is 0 Å². The van der Waals surface area contributed by atoms with E-state index in [1.807, 2.05) is 0 Å². The molecule has 1 saturated carbocycles. The predicted molar refractivity (Wildman–Crippen MR) is 126 cm³/mol. The first-order valence-electron chi connectivity index (χ1n) is 12.2. The number of hydrogen-bond acceptors (Lipinski definition) is 3. The van der Waals surface area contributed by atoms with Crippen molar-refractivity contribution in [2.24, 2.45) is 29.6 Å². The van der Waals surface area contributed by atoms with Crippen LogP contribution in [0.15, 0.2) is 41.5 Å². The third kappa shape index (κ3) is 3.61. The molecular formula is C27H37O3P. The Morgan fingerprint density at radius 3 is 2.52 bits per heavy atom. The van der Waals surface area contributed by atoms with Gasteiger partial charge in [-0.25, -0.2) is 0 Å². The molecule has 1 aromatic carbocycles. The van der Waals surface area contributed by atoms with Gasteiger partial charge in [0.05, 0.1) is 12.0 Å². The van der Waals surface area contributed by atoms with Crippen LogP contribution in [-0.4, -0.2) is 29.7 Å². The first-order valence-corrected chi connectivity index (χ1v) is 13.9. The van der Waals surface area contributed by atoms with Gasteiger partial charge < -0.3 is 9.47 Å². The topological polar surface area (TPSA) is 35.5 Å². The van der Waals surface area contributed by atoms with Gasteiger partial charge in [0.1, 0.15) is 0 Å². The number of carbonyl (C=O) groups is 1. The lowest BCUT2D eigenvalue weighted by molar-refractivity contribution is -0.194. The molecule has 3 fully saturated rings. The summed E-state index contributed by atoms with van der Waals surface area (Å²) in [7, 11) is -0.307. The van der Waals surface area contributed by atoms with Crippen LogP contribution in [0.2, 0.25) is 0 Å². The molecule has 0 amide bonds. The molecule has 0 aromatic heterocycles. The molecule has 3 nitrogen and oxygen atoms in total. The Labute approximate surface area is 188 Å². The number of ether oxygens (including phenoxy) is 2. The van der Waals surface area contributed by atoms with E-state index in [9.17, 15) is 4.79 Å². The van der Waals surface area contributed by atoms with E-state index >= 15 is 0 Å². The molecule has 168 valence electrons. The molecular weight excluding hydrogens is 403 g/mol. The van der Waals surface area contributed by atoms with Crippen LogP contribution in [0.4, 0.5) is 0 Å². The van der Waals surface area contributed by atoms with Crippen LogP contribution in [0.25, 0.3) is 0 Å². The highest BCUT2D eigenvalue weighted by atomic mass is 31.1. The average molecular weight is 441 g/mol. The summed E-state index contributed by atoms with van der Waals surface area (Å²) in [6, 6.07) is 10.8. The lowest BCUT2D eigenvalue weighted by Crippen LogP contribution is -2.40. The Balaban J connectivity index is 1.40. The van der Waals surface area contributed by atoms with Crippen molar-refractivity contribution in [2.75, 3.05) is 0 Å². The van der Waals surface area contributed by atoms with Gasteiger partial charge in [-0.3, -0.25) is 4.79 Å². The maximum absolute atomic E-state index is 13.1. The molecule has 2 unspecified atom stereocenters. The maximum atomic E-state index is 13.1. The van der Waals surface area contributed by atoms with E-state index in [-0.39, 0.29) is 38.1 Å². The number of esters is 1. The normalized spacial score (nSPS) is 41.7. The van der Waals surface area contributed by atoms with Gasteiger partial charge in [0.15, 0.2) is 0 Å². The van der Waals surface area contributed by atoms with E-state index in [0.717, 1.165) is 18.5 Å². The zero-order valence-corrected chi connectivity index (χ0v) is 20.5. The second-order valence-corrected chi connectivity index (χ2v) is 13.3. The fourth-order valence-electron chi connectivity index (χ4n) is 6.95. The number of hydrogen-bond donors (Lipinski definition) is 0. The fourth-order valence-corrected chi connectivity index (χ4v) is 11.2. The summed E-state index contributed by atoms with van der Waals surface area (Å²) in [6.45, 7) is 11.6. The van der Waals surface area contributed by atoms with Gasteiger partial charge in [-0.15, -0.1) is 0 Å². The monoisotopic (exact) mass is 440 g/mol. The second kappa shape index (κ2) is 8.31. The predicted octanol–water partition coefficient (Wildman–Crippen LogP) is 6.36. The minimum absolute atomic E-state index is 0.000172. The number of benzene rings is 1. The largest absolute Gasteiger partial charge is 0.435 e. The zero-order chi connectivity index (χ0) is 21.9. The lowest BCUT2D eigenvalue weighted by Gasteiger charge is -2.39. The molecule has 3 aliphatic heterocycles. The molecule has 1 aliphatic carbocycles. The van der Waals surface area contributed by atoms with Gasteiger partial charge in [0.2, 0.25) is 6.29 Å². The van der Waals surface area contributed by atoms with E-state index in [1.54, 1.807) is 0 Å². The third-order valence-corrected chi connectivity index (χ3v) is 12.2. The Kier molecular flexibility index (Phi) is 5.80. The number of carbonyl (C=O) groups excluding carboxylic acids is 1. The van der Waals surface area contributed by atoms with Crippen LogP contribution in [0.3, 0.4) is 0 Å². The second-order valence-electron chi connectivity index (χ2n) is 10.8. The van der Waals surface area contributed by atoms with Gasteiger partial charge in [-0.2, -0.15) is 0 Å². The number of allylic oxidation sites excluding steroid dienone is 2. The minimum atomic E-state index is -0.351. The number of fused-ring (bicyclic) bond motifs is 5. The molecule has 0 N–H and O–H groups in total. The quantitative estimate of drug-likeness (QED) is 0.303. The van der Waals surface area contributed by atoms with Gasteiger partial charge >= 0.3 is 5.97 Å². The minimum Gasteiger partial charge on any atom is -0.435 e. The van der Waals surface area contributed by atoms with Crippen molar-refractivity contribution >= 4 is 13.9 Å². The molecule has 3 heterocycles. The van der Waals surface area contributed by atoms with Gasteiger partial charge in [0, 0.05) is 17.2 Å².